The average Bonchev–Trinajstić information content (AvgIpc) is 2.35. The second-order valence-electron chi connectivity index (χ2n) is 5.34. The van der Waals surface area contributed by atoms with E-state index in [9.17, 15) is 9.18 Å². The molecule has 0 aliphatic heterocycles. The van der Waals surface area contributed by atoms with Crippen LogP contribution in [-0.2, 0) is 4.79 Å². The number of carboxylic acid groups (broad SMARTS) is 1. The minimum absolute atomic E-state index is 0.0251. The summed E-state index contributed by atoms with van der Waals surface area (Å²) in [6.07, 6.45) is 3.80. The standard InChI is InChI=1S/C15H20FNO3/c16-12-8-11(13(17)5-7-15(18)19)4-6-14(12)20-9-10-2-1-3-10/h4,6,8,10,13H,1-3,5,7,9,17H2,(H,18,19). The largest absolute Gasteiger partial charge is 0.490 e. The summed E-state index contributed by atoms with van der Waals surface area (Å²) < 4.78 is 19.3. The van der Waals surface area contributed by atoms with Crippen LogP contribution < -0.4 is 10.5 Å². The van der Waals surface area contributed by atoms with Gasteiger partial charge in [-0.25, -0.2) is 4.39 Å². The third-order valence-electron chi connectivity index (χ3n) is 3.75. The molecule has 1 aliphatic rings. The van der Waals surface area contributed by atoms with Gasteiger partial charge in [0.15, 0.2) is 11.6 Å². The molecule has 1 atom stereocenters. The van der Waals surface area contributed by atoms with Crippen molar-refractivity contribution in [3.05, 3.63) is 29.6 Å². The molecule has 20 heavy (non-hydrogen) atoms. The van der Waals surface area contributed by atoms with E-state index in [1.807, 2.05) is 0 Å². The van der Waals surface area contributed by atoms with Crippen molar-refractivity contribution in [2.24, 2.45) is 11.7 Å². The molecule has 1 aromatic carbocycles. The number of aliphatic carboxylic acids is 1. The number of hydrogen-bond acceptors (Lipinski definition) is 3. The van der Waals surface area contributed by atoms with E-state index in [0.717, 1.165) is 12.8 Å². The van der Waals surface area contributed by atoms with Crippen molar-refractivity contribution in [3.8, 4) is 5.75 Å². The van der Waals surface area contributed by atoms with E-state index in [1.165, 1.54) is 12.5 Å². The molecule has 1 aromatic rings. The minimum Gasteiger partial charge on any atom is -0.490 e. The summed E-state index contributed by atoms with van der Waals surface area (Å²) in [4.78, 5) is 10.5. The number of hydrogen-bond donors (Lipinski definition) is 2. The Morgan fingerprint density at radius 3 is 2.80 bits per heavy atom. The Morgan fingerprint density at radius 2 is 2.25 bits per heavy atom. The highest BCUT2D eigenvalue weighted by atomic mass is 19.1. The molecule has 5 heteroatoms. The Hall–Kier alpha value is -1.62. The van der Waals surface area contributed by atoms with Gasteiger partial charge in [-0.3, -0.25) is 4.79 Å². The lowest BCUT2D eigenvalue weighted by atomic mass is 9.86. The number of halogens is 1. The Morgan fingerprint density at radius 1 is 1.50 bits per heavy atom. The predicted molar refractivity (Wildman–Crippen MR) is 73.0 cm³/mol. The van der Waals surface area contributed by atoms with Gasteiger partial charge >= 0.3 is 5.97 Å². The average molecular weight is 281 g/mol. The van der Waals surface area contributed by atoms with Crippen molar-refractivity contribution in [2.45, 2.75) is 38.1 Å². The first-order valence-electron chi connectivity index (χ1n) is 6.96. The van der Waals surface area contributed by atoms with Gasteiger partial charge in [0.1, 0.15) is 0 Å². The first-order valence-corrected chi connectivity index (χ1v) is 6.96. The molecule has 0 aromatic heterocycles. The molecule has 110 valence electrons. The Labute approximate surface area is 117 Å². The molecule has 0 saturated heterocycles. The van der Waals surface area contributed by atoms with Gasteiger partial charge < -0.3 is 15.6 Å². The van der Waals surface area contributed by atoms with E-state index in [2.05, 4.69) is 0 Å². The highest BCUT2D eigenvalue weighted by molar-refractivity contribution is 5.66. The molecule has 0 radical (unpaired) electrons. The maximum Gasteiger partial charge on any atom is 0.303 e. The van der Waals surface area contributed by atoms with Crippen LogP contribution in [0.1, 0.15) is 43.7 Å². The number of carboxylic acids is 1. The van der Waals surface area contributed by atoms with Crippen LogP contribution in [-0.4, -0.2) is 17.7 Å². The highest BCUT2D eigenvalue weighted by Gasteiger charge is 2.19. The second-order valence-corrected chi connectivity index (χ2v) is 5.34. The molecule has 0 heterocycles. The lowest BCUT2D eigenvalue weighted by molar-refractivity contribution is -0.137. The third kappa shape index (κ3) is 3.93. The molecule has 2 rings (SSSR count). The Balaban J connectivity index is 1.91. The summed E-state index contributed by atoms with van der Waals surface area (Å²) in [6.45, 7) is 0.557. The van der Waals surface area contributed by atoms with E-state index in [4.69, 9.17) is 15.6 Å². The number of ether oxygens (including phenoxy) is 1. The molecule has 4 nitrogen and oxygen atoms in total. The Kier molecular flexibility index (Phi) is 4.95. The molecule has 1 aliphatic carbocycles. The molecule has 3 N–H and O–H groups in total. The van der Waals surface area contributed by atoms with Gasteiger partial charge in [0.05, 0.1) is 6.61 Å². The van der Waals surface area contributed by atoms with E-state index in [0.29, 0.717) is 18.1 Å². The van der Waals surface area contributed by atoms with Gasteiger partial charge in [-0.15, -0.1) is 0 Å². The van der Waals surface area contributed by atoms with Gasteiger partial charge in [0.2, 0.25) is 0 Å². The van der Waals surface area contributed by atoms with Crippen LogP contribution in [0.25, 0.3) is 0 Å². The van der Waals surface area contributed by atoms with Crippen molar-refractivity contribution in [2.75, 3.05) is 6.61 Å². The van der Waals surface area contributed by atoms with Crippen molar-refractivity contribution < 1.29 is 19.0 Å². The van der Waals surface area contributed by atoms with Crippen molar-refractivity contribution in [3.63, 3.8) is 0 Å². The number of rotatable bonds is 7. The summed E-state index contributed by atoms with van der Waals surface area (Å²) in [7, 11) is 0. The highest BCUT2D eigenvalue weighted by Crippen LogP contribution is 2.28. The first kappa shape index (κ1) is 14.8. The normalized spacial score (nSPS) is 16.5. The maximum atomic E-state index is 13.9. The summed E-state index contributed by atoms with van der Waals surface area (Å²) in [5.74, 6) is -0.549. The number of nitrogens with two attached hydrogens (primary N) is 1. The predicted octanol–water partition coefficient (Wildman–Crippen LogP) is 2.87. The van der Waals surface area contributed by atoms with Crippen LogP contribution in [0.5, 0.6) is 5.75 Å². The Bertz CT molecular complexity index is 474. The van der Waals surface area contributed by atoms with Gasteiger partial charge in [0.25, 0.3) is 0 Å². The summed E-state index contributed by atoms with van der Waals surface area (Å²) in [5, 5.41) is 8.61. The molecular weight excluding hydrogens is 261 g/mol. The zero-order valence-electron chi connectivity index (χ0n) is 11.3. The minimum atomic E-state index is -0.902. The zero-order chi connectivity index (χ0) is 14.5. The zero-order valence-corrected chi connectivity index (χ0v) is 11.3. The van der Waals surface area contributed by atoms with Gasteiger partial charge in [-0.05, 0) is 42.9 Å². The quantitative estimate of drug-likeness (QED) is 0.806. The maximum absolute atomic E-state index is 13.9. The molecule has 0 spiro atoms. The van der Waals surface area contributed by atoms with Crippen LogP contribution >= 0.6 is 0 Å². The molecule has 0 amide bonds. The molecule has 0 bridgehead atoms. The van der Waals surface area contributed by atoms with Crippen LogP contribution in [0.2, 0.25) is 0 Å². The van der Waals surface area contributed by atoms with Crippen LogP contribution in [0, 0.1) is 11.7 Å². The molecular formula is C15H20FNO3. The fraction of sp³-hybridized carbons (Fsp3) is 0.533. The SMILES string of the molecule is NC(CCC(=O)O)c1ccc(OCC2CCC2)c(F)c1. The summed E-state index contributed by atoms with van der Waals surface area (Å²) >= 11 is 0. The number of carbonyl (C=O) groups is 1. The second kappa shape index (κ2) is 6.70. The number of benzene rings is 1. The van der Waals surface area contributed by atoms with Crippen LogP contribution in [0.4, 0.5) is 4.39 Å². The fourth-order valence-electron chi connectivity index (χ4n) is 2.18. The topological polar surface area (TPSA) is 72.6 Å². The van der Waals surface area contributed by atoms with E-state index < -0.39 is 17.8 Å². The molecule has 1 fully saturated rings. The molecule has 1 unspecified atom stereocenters. The monoisotopic (exact) mass is 281 g/mol. The first-order chi connectivity index (χ1) is 9.56. The van der Waals surface area contributed by atoms with E-state index in [1.54, 1.807) is 12.1 Å². The molecule has 1 saturated carbocycles. The van der Waals surface area contributed by atoms with Gasteiger partial charge in [-0.1, -0.05) is 12.5 Å². The van der Waals surface area contributed by atoms with Crippen molar-refractivity contribution >= 4 is 5.97 Å². The smallest absolute Gasteiger partial charge is 0.303 e. The van der Waals surface area contributed by atoms with Crippen LogP contribution in [0.15, 0.2) is 18.2 Å². The van der Waals surface area contributed by atoms with E-state index >= 15 is 0 Å². The third-order valence-corrected chi connectivity index (χ3v) is 3.75. The van der Waals surface area contributed by atoms with Crippen molar-refractivity contribution in [1.82, 2.24) is 0 Å². The van der Waals surface area contributed by atoms with Crippen molar-refractivity contribution in [1.29, 1.82) is 0 Å². The fourth-order valence-corrected chi connectivity index (χ4v) is 2.18. The lowest BCUT2D eigenvalue weighted by Crippen LogP contribution is -2.19. The van der Waals surface area contributed by atoms with Gasteiger partial charge in [-0.2, -0.15) is 0 Å². The van der Waals surface area contributed by atoms with Crippen LogP contribution in [0.3, 0.4) is 0 Å². The summed E-state index contributed by atoms with van der Waals surface area (Å²) in [5.41, 5.74) is 6.44. The van der Waals surface area contributed by atoms with E-state index in [-0.39, 0.29) is 18.6 Å². The summed E-state index contributed by atoms with van der Waals surface area (Å²) in [6, 6.07) is 4.14. The lowest BCUT2D eigenvalue weighted by Gasteiger charge is -2.25. The van der Waals surface area contributed by atoms with Gasteiger partial charge in [0, 0.05) is 12.5 Å².